The molecule has 0 aliphatic rings. The van der Waals surface area contributed by atoms with Crippen molar-refractivity contribution in [1.29, 1.82) is 0 Å². The molecule has 2 rings (SSSR count). The van der Waals surface area contributed by atoms with Crippen molar-refractivity contribution in [2.24, 2.45) is 0 Å². The van der Waals surface area contributed by atoms with Crippen LogP contribution in [0.2, 0.25) is 0 Å². The number of nitrogens with one attached hydrogen (secondary N) is 1. The van der Waals surface area contributed by atoms with Gasteiger partial charge >= 0.3 is 5.97 Å². The molecule has 0 spiro atoms. The van der Waals surface area contributed by atoms with Crippen molar-refractivity contribution in [2.75, 3.05) is 0 Å². The molecule has 1 atom stereocenters. The molecule has 3 N–H and O–H groups in total. The first kappa shape index (κ1) is 11.2. The van der Waals surface area contributed by atoms with Gasteiger partial charge in [-0.3, -0.25) is 0 Å². The number of H-pyrrole nitrogens is 1. The predicted octanol–water partition coefficient (Wildman–Crippen LogP) is 1.71. The number of nitrogens with zero attached hydrogens (tertiary/aromatic N) is 1. The summed E-state index contributed by atoms with van der Waals surface area (Å²) in [6.07, 6.45) is 0.257. The second-order valence-electron chi connectivity index (χ2n) is 3.71. The maximum absolute atomic E-state index is 10.6. The summed E-state index contributed by atoms with van der Waals surface area (Å²) in [6, 6.07) is 5.13. The minimum atomic E-state index is -1.43. The number of carboxylic acids is 1. The van der Waals surface area contributed by atoms with Crippen LogP contribution in [0, 0.1) is 6.57 Å². The molecule has 0 fully saturated rings. The highest BCUT2D eigenvalue weighted by Crippen LogP contribution is 2.24. The third kappa shape index (κ3) is 2.12. The normalized spacial score (nSPS) is 12.2. The van der Waals surface area contributed by atoms with Gasteiger partial charge < -0.3 is 15.2 Å². The summed E-state index contributed by atoms with van der Waals surface area (Å²) in [4.78, 5) is 16.9. The molecule has 0 amide bonds. The van der Waals surface area contributed by atoms with E-state index in [0.29, 0.717) is 11.3 Å². The number of hydrogen-bond acceptors (Lipinski definition) is 2. The third-order valence-electron chi connectivity index (χ3n) is 2.58. The van der Waals surface area contributed by atoms with E-state index in [9.17, 15) is 9.90 Å². The predicted molar refractivity (Wildman–Crippen MR) is 61.9 cm³/mol. The molecule has 0 aliphatic carbocycles. The van der Waals surface area contributed by atoms with Crippen LogP contribution in [-0.4, -0.2) is 27.3 Å². The van der Waals surface area contributed by atoms with E-state index in [2.05, 4.69) is 9.83 Å². The minimum Gasteiger partial charge on any atom is -0.479 e. The number of aromatic amines is 1. The monoisotopic (exact) mass is 230 g/mol. The fourth-order valence-electron chi connectivity index (χ4n) is 1.70. The van der Waals surface area contributed by atoms with Crippen molar-refractivity contribution >= 4 is 22.6 Å². The molecule has 0 aliphatic heterocycles. The summed E-state index contributed by atoms with van der Waals surface area (Å²) in [5, 5.41) is 18.7. The lowest BCUT2D eigenvalue weighted by Crippen LogP contribution is -2.21. The Hall–Kier alpha value is -2.32. The summed E-state index contributed by atoms with van der Waals surface area (Å²) in [7, 11) is 0. The Labute approximate surface area is 97.1 Å². The zero-order valence-electron chi connectivity index (χ0n) is 8.84. The van der Waals surface area contributed by atoms with Gasteiger partial charge in [0.05, 0.1) is 6.57 Å². The van der Waals surface area contributed by atoms with Crippen LogP contribution in [0.1, 0.15) is 5.56 Å². The van der Waals surface area contributed by atoms with E-state index in [1.165, 1.54) is 0 Å². The molecule has 2 aromatic rings. The summed E-state index contributed by atoms with van der Waals surface area (Å²) in [5.74, 6) is -1.25. The number of aromatic nitrogens is 1. The van der Waals surface area contributed by atoms with Crippen LogP contribution >= 0.6 is 0 Å². The molecule has 0 radical (unpaired) electrons. The lowest BCUT2D eigenvalue weighted by Gasteiger charge is -2.03. The number of carbonyl (C=O) groups is 1. The molecule has 0 unspecified atom stereocenters. The van der Waals surface area contributed by atoms with Crippen LogP contribution in [-0.2, 0) is 11.2 Å². The molecular formula is C12H10N2O3. The topological polar surface area (TPSA) is 77.7 Å². The van der Waals surface area contributed by atoms with Gasteiger partial charge in [0.2, 0.25) is 0 Å². The fraction of sp³-hybridized carbons (Fsp3) is 0.167. The Morgan fingerprint density at radius 2 is 2.29 bits per heavy atom. The Balaban J connectivity index is 2.41. The molecular weight excluding hydrogens is 220 g/mol. The van der Waals surface area contributed by atoms with Crippen molar-refractivity contribution < 1.29 is 15.0 Å². The molecule has 1 aromatic heterocycles. The van der Waals surface area contributed by atoms with Crippen LogP contribution in [0.4, 0.5) is 5.69 Å². The van der Waals surface area contributed by atoms with Crippen LogP contribution in [0.25, 0.3) is 15.7 Å². The third-order valence-corrected chi connectivity index (χ3v) is 2.58. The molecule has 1 aromatic carbocycles. The molecule has 0 bridgehead atoms. The van der Waals surface area contributed by atoms with E-state index in [4.69, 9.17) is 11.7 Å². The highest BCUT2D eigenvalue weighted by Gasteiger charge is 2.16. The summed E-state index contributed by atoms with van der Waals surface area (Å²) in [5.41, 5.74) is 2.01. The van der Waals surface area contributed by atoms with Crippen LogP contribution in [0.3, 0.4) is 0 Å². The number of benzene rings is 1. The van der Waals surface area contributed by atoms with Crippen molar-refractivity contribution in [3.63, 3.8) is 0 Å². The molecule has 0 saturated heterocycles. The molecule has 5 nitrogen and oxygen atoms in total. The first-order valence-electron chi connectivity index (χ1n) is 5.00. The van der Waals surface area contributed by atoms with Gasteiger partial charge in [-0.15, -0.1) is 0 Å². The SMILES string of the molecule is [C-]#[N+]c1ccc2[nH]cc(C[C@H](O)C(=O)O)c2c1. The Morgan fingerprint density at radius 1 is 1.53 bits per heavy atom. The lowest BCUT2D eigenvalue weighted by atomic mass is 10.1. The van der Waals surface area contributed by atoms with Gasteiger partial charge in [-0.2, -0.15) is 0 Å². The first-order chi connectivity index (χ1) is 8.11. The number of carboxylic acid groups (broad SMARTS) is 1. The van der Waals surface area contributed by atoms with Crippen LogP contribution in [0.15, 0.2) is 24.4 Å². The van der Waals surface area contributed by atoms with Crippen LogP contribution in [0.5, 0.6) is 0 Å². The maximum Gasteiger partial charge on any atom is 0.332 e. The van der Waals surface area contributed by atoms with E-state index < -0.39 is 12.1 Å². The van der Waals surface area contributed by atoms with Gasteiger partial charge in [-0.1, -0.05) is 6.07 Å². The highest BCUT2D eigenvalue weighted by atomic mass is 16.4. The molecule has 0 saturated carbocycles. The second kappa shape index (κ2) is 4.28. The summed E-state index contributed by atoms with van der Waals surface area (Å²) >= 11 is 0. The maximum atomic E-state index is 10.6. The fourth-order valence-corrected chi connectivity index (χ4v) is 1.70. The van der Waals surface area contributed by atoms with E-state index in [1.54, 1.807) is 24.4 Å². The van der Waals surface area contributed by atoms with Gasteiger partial charge in [0, 0.05) is 18.1 Å². The number of fused-ring (bicyclic) bond motifs is 1. The van der Waals surface area contributed by atoms with Gasteiger partial charge in [0.15, 0.2) is 11.8 Å². The summed E-state index contributed by atoms with van der Waals surface area (Å²) < 4.78 is 0. The van der Waals surface area contributed by atoms with Gasteiger partial charge in [0.25, 0.3) is 0 Å². The van der Waals surface area contributed by atoms with E-state index in [1.807, 2.05) is 0 Å². The van der Waals surface area contributed by atoms with Crippen molar-refractivity contribution in [2.45, 2.75) is 12.5 Å². The molecule has 5 heteroatoms. The summed E-state index contributed by atoms with van der Waals surface area (Å²) in [6.45, 7) is 6.92. The van der Waals surface area contributed by atoms with Crippen LogP contribution < -0.4 is 0 Å². The number of aliphatic hydroxyl groups is 1. The lowest BCUT2D eigenvalue weighted by molar-refractivity contribution is -0.146. The van der Waals surface area contributed by atoms with E-state index in [-0.39, 0.29) is 6.42 Å². The number of hydrogen-bond donors (Lipinski definition) is 3. The Kier molecular flexibility index (Phi) is 2.81. The van der Waals surface area contributed by atoms with Gasteiger partial charge in [-0.25, -0.2) is 9.64 Å². The largest absolute Gasteiger partial charge is 0.479 e. The van der Waals surface area contributed by atoms with E-state index >= 15 is 0 Å². The highest BCUT2D eigenvalue weighted by molar-refractivity contribution is 5.87. The molecule has 1 heterocycles. The molecule has 86 valence electrons. The minimum absolute atomic E-state index is 0.0246. The first-order valence-corrected chi connectivity index (χ1v) is 5.00. The van der Waals surface area contributed by atoms with Gasteiger partial charge in [0.1, 0.15) is 0 Å². The Morgan fingerprint density at radius 3 is 2.94 bits per heavy atom. The van der Waals surface area contributed by atoms with Crippen molar-refractivity contribution in [3.8, 4) is 0 Å². The van der Waals surface area contributed by atoms with Crippen molar-refractivity contribution in [3.05, 3.63) is 41.4 Å². The number of aliphatic hydroxyl groups excluding tert-OH is 1. The average Bonchev–Trinajstić information content (AvgIpc) is 2.71. The second-order valence-corrected chi connectivity index (χ2v) is 3.71. The van der Waals surface area contributed by atoms with Gasteiger partial charge in [-0.05, 0) is 23.1 Å². The average molecular weight is 230 g/mol. The quantitative estimate of drug-likeness (QED) is 0.702. The Bertz CT molecular complexity index is 610. The smallest absolute Gasteiger partial charge is 0.332 e. The standard InChI is InChI=1S/C12H10N2O3/c1-13-8-2-3-10-9(5-8)7(6-14-10)4-11(15)12(16)17/h2-3,5-6,11,14-15H,4H2,(H,16,17)/t11-/m0/s1. The number of aliphatic carboxylic acids is 1. The zero-order chi connectivity index (χ0) is 12.4. The van der Waals surface area contributed by atoms with Crippen molar-refractivity contribution in [1.82, 2.24) is 4.98 Å². The zero-order valence-corrected chi connectivity index (χ0v) is 8.84. The number of rotatable bonds is 3. The molecule has 17 heavy (non-hydrogen) atoms. The van der Waals surface area contributed by atoms with E-state index in [0.717, 1.165) is 10.9 Å².